The number of allylic oxidation sites excluding steroid dienone is 2. The maximum absolute atomic E-state index is 5.75. The van der Waals surface area contributed by atoms with E-state index >= 15 is 0 Å². The lowest BCUT2D eigenvalue weighted by Gasteiger charge is -2.02. The van der Waals surface area contributed by atoms with Gasteiger partial charge in [-0.3, -0.25) is 0 Å². The molecule has 0 N–H and O–H groups in total. The SMILES string of the molecule is C=C/C=C\c1cc2cc(-c3ccc(C)cc3)ccc2o1. The molecule has 98 valence electrons. The van der Waals surface area contributed by atoms with Crippen LogP contribution in [0.3, 0.4) is 0 Å². The van der Waals surface area contributed by atoms with Crippen LogP contribution in [0.1, 0.15) is 11.3 Å². The third-order valence-electron chi connectivity index (χ3n) is 3.32. The molecule has 0 aliphatic heterocycles. The summed E-state index contributed by atoms with van der Waals surface area (Å²) in [4.78, 5) is 0. The van der Waals surface area contributed by atoms with Crippen LogP contribution in [0.25, 0.3) is 28.2 Å². The van der Waals surface area contributed by atoms with Crippen LogP contribution >= 0.6 is 0 Å². The molecular formula is C19H16O. The Balaban J connectivity index is 2.03. The zero-order valence-corrected chi connectivity index (χ0v) is 11.5. The molecule has 2 aromatic carbocycles. The Hall–Kier alpha value is -2.54. The highest BCUT2D eigenvalue weighted by molar-refractivity contribution is 5.85. The van der Waals surface area contributed by atoms with Gasteiger partial charge in [-0.1, -0.05) is 54.6 Å². The Morgan fingerprint density at radius 1 is 0.950 bits per heavy atom. The van der Waals surface area contributed by atoms with Crippen molar-refractivity contribution in [2.45, 2.75) is 6.92 Å². The average molecular weight is 260 g/mol. The van der Waals surface area contributed by atoms with Gasteiger partial charge >= 0.3 is 0 Å². The Labute approximate surface area is 118 Å². The van der Waals surface area contributed by atoms with Crippen molar-refractivity contribution >= 4 is 17.0 Å². The van der Waals surface area contributed by atoms with E-state index in [9.17, 15) is 0 Å². The van der Waals surface area contributed by atoms with E-state index < -0.39 is 0 Å². The Kier molecular flexibility index (Phi) is 3.26. The number of benzene rings is 2. The first kappa shape index (κ1) is 12.5. The van der Waals surface area contributed by atoms with Crippen LogP contribution in [0.4, 0.5) is 0 Å². The summed E-state index contributed by atoms with van der Waals surface area (Å²) in [7, 11) is 0. The number of fused-ring (bicyclic) bond motifs is 1. The fraction of sp³-hybridized carbons (Fsp3) is 0.0526. The Morgan fingerprint density at radius 2 is 1.70 bits per heavy atom. The molecule has 0 fully saturated rings. The molecule has 0 spiro atoms. The highest BCUT2D eigenvalue weighted by Gasteiger charge is 2.04. The zero-order valence-electron chi connectivity index (χ0n) is 11.5. The normalized spacial score (nSPS) is 11.2. The molecule has 3 aromatic rings. The lowest BCUT2D eigenvalue weighted by Crippen LogP contribution is -1.78. The first-order valence-electron chi connectivity index (χ1n) is 6.66. The largest absolute Gasteiger partial charge is 0.457 e. The predicted octanol–water partition coefficient (Wildman–Crippen LogP) is 5.61. The molecule has 1 aromatic heterocycles. The van der Waals surface area contributed by atoms with E-state index in [0.717, 1.165) is 16.7 Å². The van der Waals surface area contributed by atoms with Crippen molar-refractivity contribution < 1.29 is 4.42 Å². The van der Waals surface area contributed by atoms with Crippen LogP contribution in [0.15, 0.2) is 71.7 Å². The second kappa shape index (κ2) is 5.22. The summed E-state index contributed by atoms with van der Waals surface area (Å²) < 4.78 is 5.75. The maximum Gasteiger partial charge on any atom is 0.134 e. The van der Waals surface area contributed by atoms with Crippen molar-refractivity contribution in [3.8, 4) is 11.1 Å². The van der Waals surface area contributed by atoms with Crippen LogP contribution in [-0.2, 0) is 0 Å². The molecule has 0 unspecified atom stereocenters. The van der Waals surface area contributed by atoms with Crippen LogP contribution in [-0.4, -0.2) is 0 Å². The highest BCUT2D eigenvalue weighted by Crippen LogP contribution is 2.27. The standard InChI is InChI=1S/C19H16O/c1-3-4-5-18-13-17-12-16(10-11-19(17)20-18)15-8-6-14(2)7-9-15/h3-13H,1H2,2H3/b5-4-. The molecule has 0 bridgehead atoms. The molecule has 0 aliphatic carbocycles. The van der Waals surface area contributed by atoms with Gasteiger partial charge in [0.2, 0.25) is 0 Å². The van der Waals surface area contributed by atoms with Crippen LogP contribution in [0.5, 0.6) is 0 Å². The molecular weight excluding hydrogens is 244 g/mol. The van der Waals surface area contributed by atoms with E-state index in [2.05, 4.69) is 49.9 Å². The monoisotopic (exact) mass is 260 g/mol. The lowest BCUT2D eigenvalue weighted by molar-refractivity contribution is 0.604. The number of hydrogen-bond acceptors (Lipinski definition) is 1. The second-order valence-electron chi connectivity index (χ2n) is 4.86. The zero-order chi connectivity index (χ0) is 13.9. The van der Waals surface area contributed by atoms with Crippen molar-refractivity contribution in [1.29, 1.82) is 0 Å². The third kappa shape index (κ3) is 2.43. The smallest absolute Gasteiger partial charge is 0.134 e. The maximum atomic E-state index is 5.75. The molecule has 0 atom stereocenters. The van der Waals surface area contributed by atoms with Gasteiger partial charge < -0.3 is 4.42 Å². The fourth-order valence-electron chi connectivity index (χ4n) is 2.23. The fourth-order valence-corrected chi connectivity index (χ4v) is 2.23. The minimum absolute atomic E-state index is 0.848. The molecule has 0 aliphatic rings. The second-order valence-corrected chi connectivity index (χ2v) is 4.86. The summed E-state index contributed by atoms with van der Waals surface area (Å²) >= 11 is 0. The topological polar surface area (TPSA) is 13.1 Å². The number of rotatable bonds is 3. The van der Waals surface area contributed by atoms with E-state index in [1.807, 2.05) is 24.3 Å². The molecule has 0 saturated carbocycles. The van der Waals surface area contributed by atoms with Crippen molar-refractivity contribution in [1.82, 2.24) is 0 Å². The molecule has 0 saturated heterocycles. The van der Waals surface area contributed by atoms with Crippen molar-refractivity contribution in [3.05, 3.63) is 78.6 Å². The number of furan rings is 1. The van der Waals surface area contributed by atoms with Crippen LogP contribution < -0.4 is 0 Å². The minimum atomic E-state index is 0.848. The Morgan fingerprint density at radius 3 is 2.45 bits per heavy atom. The van der Waals surface area contributed by atoms with E-state index in [0.29, 0.717) is 0 Å². The first-order chi connectivity index (χ1) is 9.76. The minimum Gasteiger partial charge on any atom is -0.457 e. The molecule has 0 radical (unpaired) electrons. The van der Waals surface area contributed by atoms with Gasteiger partial charge in [-0.2, -0.15) is 0 Å². The van der Waals surface area contributed by atoms with E-state index in [1.165, 1.54) is 16.7 Å². The van der Waals surface area contributed by atoms with Gasteiger partial charge in [-0.25, -0.2) is 0 Å². The average Bonchev–Trinajstić information content (AvgIpc) is 2.87. The van der Waals surface area contributed by atoms with E-state index in [-0.39, 0.29) is 0 Å². The predicted molar refractivity (Wildman–Crippen MR) is 85.6 cm³/mol. The third-order valence-corrected chi connectivity index (χ3v) is 3.32. The van der Waals surface area contributed by atoms with Gasteiger partial charge in [0.05, 0.1) is 0 Å². The molecule has 1 heteroatoms. The van der Waals surface area contributed by atoms with Gasteiger partial charge in [0.1, 0.15) is 11.3 Å². The van der Waals surface area contributed by atoms with Gasteiger partial charge in [0.15, 0.2) is 0 Å². The summed E-state index contributed by atoms with van der Waals surface area (Å²) in [5, 5.41) is 1.12. The van der Waals surface area contributed by atoms with Crippen molar-refractivity contribution in [2.75, 3.05) is 0 Å². The van der Waals surface area contributed by atoms with Crippen LogP contribution in [0, 0.1) is 6.92 Å². The van der Waals surface area contributed by atoms with Gasteiger partial charge in [0, 0.05) is 5.39 Å². The Bertz CT molecular complexity index is 773. The molecule has 1 nitrogen and oxygen atoms in total. The highest BCUT2D eigenvalue weighted by atomic mass is 16.3. The van der Waals surface area contributed by atoms with Crippen molar-refractivity contribution in [2.24, 2.45) is 0 Å². The summed E-state index contributed by atoms with van der Waals surface area (Å²) in [5.41, 5.74) is 4.61. The summed E-state index contributed by atoms with van der Waals surface area (Å²) in [6, 6.07) is 16.9. The molecule has 1 heterocycles. The summed E-state index contributed by atoms with van der Waals surface area (Å²) in [6.45, 7) is 5.76. The van der Waals surface area contributed by atoms with E-state index in [4.69, 9.17) is 4.42 Å². The molecule has 0 amide bonds. The lowest BCUT2D eigenvalue weighted by atomic mass is 10.0. The van der Waals surface area contributed by atoms with Gasteiger partial charge in [0.25, 0.3) is 0 Å². The molecule has 20 heavy (non-hydrogen) atoms. The number of aryl methyl sites for hydroxylation is 1. The van der Waals surface area contributed by atoms with Crippen molar-refractivity contribution in [3.63, 3.8) is 0 Å². The van der Waals surface area contributed by atoms with E-state index in [1.54, 1.807) is 6.08 Å². The van der Waals surface area contributed by atoms with Crippen LogP contribution in [0.2, 0.25) is 0 Å². The van der Waals surface area contributed by atoms with Gasteiger partial charge in [-0.15, -0.1) is 0 Å². The quantitative estimate of drug-likeness (QED) is 0.558. The first-order valence-corrected chi connectivity index (χ1v) is 6.66. The number of hydrogen-bond donors (Lipinski definition) is 0. The summed E-state index contributed by atoms with van der Waals surface area (Å²) in [5.74, 6) is 0.848. The summed E-state index contributed by atoms with van der Waals surface area (Å²) in [6.07, 6.45) is 5.53. The van der Waals surface area contributed by atoms with Gasteiger partial charge in [-0.05, 0) is 42.3 Å². The molecule has 3 rings (SSSR count).